The summed E-state index contributed by atoms with van der Waals surface area (Å²) in [5, 5.41) is 5.83. The maximum Gasteiger partial charge on any atom is 0.408 e. The Morgan fingerprint density at radius 3 is 2.54 bits per heavy atom. The third-order valence-corrected chi connectivity index (χ3v) is 3.78. The molecule has 0 aromatic carbocycles. The van der Waals surface area contributed by atoms with E-state index in [2.05, 4.69) is 25.6 Å². The summed E-state index contributed by atoms with van der Waals surface area (Å²) < 4.78 is 5.15. The van der Waals surface area contributed by atoms with Crippen LogP contribution < -0.4 is 10.6 Å². The van der Waals surface area contributed by atoms with Crippen LogP contribution in [0.15, 0.2) is 18.5 Å². The topological polar surface area (TPSA) is 106 Å². The van der Waals surface area contributed by atoms with Gasteiger partial charge in [0, 0.05) is 12.4 Å². The molecule has 2 rings (SSSR count). The zero-order valence-electron chi connectivity index (χ0n) is 13.9. The number of aryl methyl sites for hydroxylation is 1. The molecule has 2 heterocycles. The monoisotopic (exact) mass is 349 g/mol. The van der Waals surface area contributed by atoms with Gasteiger partial charge in [-0.3, -0.25) is 10.1 Å². The van der Waals surface area contributed by atoms with Crippen LogP contribution in [0.2, 0.25) is 0 Å². The van der Waals surface area contributed by atoms with Crippen molar-refractivity contribution in [2.75, 3.05) is 5.32 Å². The summed E-state index contributed by atoms with van der Waals surface area (Å²) in [6, 6.07) is 1.66. The molecule has 0 aliphatic carbocycles. The third kappa shape index (κ3) is 5.27. The van der Waals surface area contributed by atoms with Crippen LogP contribution in [0, 0.1) is 6.92 Å². The van der Waals surface area contributed by atoms with Crippen LogP contribution in [0.3, 0.4) is 0 Å². The van der Waals surface area contributed by atoms with Gasteiger partial charge in [0.05, 0.1) is 12.2 Å². The van der Waals surface area contributed by atoms with Crippen LogP contribution in [0.5, 0.6) is 0 Å². The number of aromatic nitrogens is 3. The second kappa shape index (κ2) is 7.35. The van der Waals surface area contributed by atoms with E-state index >= 15 is 0 Å². The predicted molar refractivity (Wildman–Crippen MR) is 89.9 cm³/mol. The molecule has 2 aromatic rings. The van der Waals surface area contributed by atoms with Gasteiger partial charge >= 0.3 is 6.09 Å². The largest absolute Gasteiger partial charge is 0.444 e. The quantitative estimate of drug-likeness (QED) is 0.878. The van der Waals surface area contributed by atoms with Crippen molar-refractivity contribution in [1.29, 1.82) is 0 Å². The van der Waals surface area contributed by atoms with E-state index in [9.17, 15) is 9.59 Å². The fraction of sp³-hybridized carbons (Fsp3) is 0.400. The first-order valence-electron chi connectivity index (χ1n) is 7.26. The van der Waals surface area contributed by atoms with Crippen LogP contribution in [0.1, 0.15) is 41.1 Å². The van der Waals surface area contributed by atoms with Gasteiger partial charge in [-0.25, -0.2) is 19.7 Å². The van der Waals surface area contributed by atoms with E-state index < -0.39 is 11.7 Å². The number of alkyl carbamates (subject to hydrolysis) is 1. The predicted octanol–water partition coefficient (Wildman–Crippen LogP) is 2.52. The Labute approximate surface area is 143 Å². The van der Waals surface area contributed by atoms with Gasteiger partial charge in [0.25, 0.3) is 5.91 Å². The van der Waals surface area contributed by atoms with E-state index in [4.69, 9.17) is 4.74 Å². The molecule has 2 aromatic heterocycles. The van der Waals surface area contributed by atoms with Crippen LogP contribution >= 0.6 is 11.3 Å². The average Bonchev–Trinajstić information content (AvgIpc) is 2.86. The summed E-state index contributed by atoms with van der Waals surface area (Å²) in [5.41, 5.74) is 0.0123. The summed E-state index contributed by atoms with van der Waals surface area (Å²) in [4.78, 5) is 36.5. The molecule has 2 amide bonds. The number of hydrogen-bond donors (Lipinski definition) is 2. The second-order valence-corrected chi connectivity index (χ2v) is 6.99. The van der Waals surface area contributed by atoms with E-state index in [0.717, 1.165) is 0 Å². The van der Waals surface area contributed by atoms with Crippen molar-refractivity contribution in [1.82, 2.24) is 20.3 Å². The molecule has 9 heteroatoms. The number of anilines is 1. The minimum Gasteiger partial charge on any atom is -0.444 e. The van der Waals surface area contributed by atoms with E-state index in [-0.39, 0.29) is 18.4 Å². The number of nitrogens with one attached hydrogen (secondary N) is 2. The van der Waals surface area contributed by atoms with Crippen LogP contribution in [-0.2, 0) is 11.3 Å². The Kier molecular flexibility index (Phi) is 5.45. The first-order chi connectivity index (χ1) is 11.2. The molecule has 2 N–H and O–H groups in total. The number of hydrogen-bond acceptors (Lipinski definition) is 7. The molecule has 0 atom stereocenters. The lowest BCUT2D eigenvalue weighted by atomic mass is 10.2. The lowest BCUT2D eigenvalue weighted by Gasteiger charge is -2.19. The Morgan fingerprint density at radius 1 is 1.25 bits per heavy atom. The molecule has 0 aliphatic rings. The molecule has 0 aliphatic heterocycles. The Balaban J connectivity index is 1.97. The molecule has 0 radical (unpaired) electrons. The summed E-state index contributed by atoms with van der Waals surface area (Å²) in [6.07, 6.45) is 2.55. The van der Waals surface area contributed by atoms with Crippen molar-refractivity contribution in [2.24, 2.45) is 0 Å². The van der Waals surface area contributed by atoms with Gasteiger partial charge in [0.2, 0.25) is 5.95 Å². The van der Waals surface area contributed by atoms with Crippen molar-refractivity contribution in [2.45, 2.75) is 39.8 Å². The first-order valence-corrected chi connectivity index (χ1v) is 8.08. The molecular formula is C15H19N5O3S. The van der Waals surface area contributed by atoms with Crippen molar-refractivity contribution < 1.29 is 14.3 Å². The highest BCUT2D eigenvalue weighted by molar-refractivity contribution is 7.13. The number of nitrogens with zero attached hydrogens (tertiary/aromatic N) is 3. The lowest BCUT2D eigenvalue weighted by molar-refractivity contribution is 0.0523. The van der Waals surface area contributed by atoms with Gasteiger partial charge in [0.1, 0.15) is 15.5 Å². The van der Waals surface area contributed by atoms with Crippen molar-refractivity contribution in [3.63, 3.8) is 0 Å². The van der Waals surface area contributed by atoms with E-state index in [1.54, 1.807) is 46.2 Å². The number of carbonyl (C=O) groups excluding carboxylic acids is 2. The molecule has 0 unspecified atom stereocenters. The summed E-state index contributed by atoms with van der Waals surface area (Å²) in [7, 11) is 0. The fourth-order valence-corrected chi connectivity index (χ4v) is 2.62. The van der Waals surface area contributed by atoms with Crippen LogP contribution in [-0.4, -0.2) is 32.6 Å². The first kappa shape index (κ1) is 17.8. The van der Waals surface area contributed by atoms with Gasteiger partial charge in [-0.1, -0.05) is 0 Å². The van der Waals surface area contributed by atoms with E-state index in [1.165, 1.54) is 11.3 Å². The lowest BCUT2D eigenvalue weighted by Crippen LogP contribution is -2.32. The van der Waals surface area contributed by atoms with Crippen molar-refractivity contribution >= 4 is 29.3 Å². The molecule has 0 fully saturated rings. The highest BCUT2D eigenvalue weighted by Crippen LogP contribution is 2.19. The Morgan fingerprint density at radius 2 is 1.92 bits per heavy atom. The summed E-state index contributed by atoms with van der Waals surface area (Å²) in [5.74, 6) is -0.108. The molecule has 0 bridgehead atoms. The maximum absolute atomic E-state index is 12.2. The van der Waals surface area contributed by atoms with Gasteiger partial charge in [-0.05, 0) is 33.8 Å². The number of ether oxygens (including phenoxy) is 1. The standard InChI is InChI=1S/C15H19N5O3S/c1-9-11(12(21)20-13-16-6-5-7-17-13)24-10(19-9)8-18-14(22)23-15(2,3)4/h5-7H,8H2,1-4H3,(H,18,22)(H,16,17,20,21). The van der Waals surface area contributed by atoms with Gasteiger partial charge < -0.3 is 10.1 Å². The minimum atomic E-state index is -0.566. The summed E-state index contributed by atoms with van der Waals surface area (Å²) in [6.45, 7) is 7.28. The zero-order valence-corrected chi connectivity index (χ0v) is 14.7. The van der Waals surface area contributed by atoms with Gasteiger partial charge in [-0.2, -0.15) is 0 Å². The molecule has 8 nitrogen and oxygen atoms in total. The normalized spacial score (nSPS) is 11.0. The van der Waals surface area contributed by atoms with Crippen molar-refractivity contribution in [3.05, 3.63) is 34.0 Å². The van der Waals surface area contributed by atoms with E-state index in [1.807, 2.05) is 0 Å². The smallest absolute Gasteiger partial charge is 0.408 e. The molecule has 128 valence electrons. The Bertz CT molecular complexity index is 724. The second-order valence-electron chi connectivity index (χ2n) is 5.90. The SMILES string of the molecule is Cc1nc(CNC(=O)OC(C)(C)C)sc1C(=O)Nc1ncccn1. The highest BCUT2D eigenvalue weighted by Gasteiger charge is 2.19. The summed E-state index contributed by atoms with van der Waals surface area (Å²) >= 11 is 1.20. The number of thiazole rings is 1. The van der Waals surface area contributed by atoms with E-state index in [0.29, 0.717) is 15.6 Å². The average molecular weight is 349 g/mol. The highest BCUT2D eigenvalue weighted by atomic mass is 32.1. The fourth-order valence-electron chi connectivity index (χ4n) is 1.72. The van der Waals surface area contributed by atoms with Crippen LogP contribution in [0.4, 0.5) is 10.7 Å². The van der Waals surface area contributed by atoms with Gasteiger partial charge in [0.15, 0.2) is 0 Å². The molecular weight excluding hydrogens is 330 g/mol. The van der Waals surface area contributed by atoms with Gasteiger partial charge in [-0.15, -0.1) is 11.3 Å². The van der Waals surface area contributed by atoms with Crippen LogP contribution in [0.25, 0.3) is 0 Å². The maximum atomic E-state index is 12.2. The molecule has 0 spiro atoms. The van der Waals surface area contributed by atoms with Crippen molar-refractivity contribution in [3.8, 4) is 0 Å². The minimum absolute atomic E-state index is 0.190. The molecule has 24 heavy (non-hydrogen) atoms. The Hall–Kier alpha value is -2.55. The third-order valence-electron chi connectivity index (χ3n) is 2.62. The number of amides is 2. The number of rotatable bonds is 4. The number of carbonyl (C=O) groups is 2. The molecule has 0 saturated heterocycles. The molecule has 0 saturated carbocycles. The zero-order chi connectivity index (χ0) is 17.7.